The maximum absolute atomic E-state index is 12.1. The molecule has 1 aromatic heterocycles. The highest BCUT2D eigenvalue weighted by atomic mass is 19.4. The number of halogens is 3. The van der Waals surface area contributed by atoms with E-state index in [4.69, 9.17) is 5.11 Å². The fourth-order valence-corrected chi connectivity index (χ4v) is 1.05. The smallest absolute Gasteiger partial charge is 0.395 e. The molecule has 0 saturated heterocycles. The quantitative estimate of drug-likeness (QED) is 0.761. The molecule has 16 heavy (non-hydrogen) atoms. The molecule has 0 atom stereocenters. The molecule has 6 nitrogen and oxygen atoms in total. The zero-order valence-corrected chi connectivity index (χ0v) is 8.03. The van der Waals surface area contributed by atoms with Crippen molar-refractivity contribution >= 4 is 5.91 Å². The van der Waals surface area contributed by atoms with Gasteiger partial charge >= 0.3 is 6.18 Å². The van der Waals surface area contributed by atoms with E-state index >= 15 is 0 Å². The zero-order chi connectivity index (χ0) is 12.2. The lowest BCUT2D eigenvalue weighted by Crippen LogP contribution is -2.41. The molecule has 1 rings (SSSR count). The molecule has 0 radical (unpaired) electrons. The van der Waals surface area contributed by atoms with Crippen molar-refractivity contribution in [3.05, 3.63) is 12.2 Å². The van der Waals surface area contributed by atoms with Gasteiger partial charge in [0.1, 0.15) is 12.9 Å². The average molecular weight is 238 g/mol. The normalized spacial score (nSPS) is 11.5. The number of carbonyl (C=O) groups is 1. The molecule has 0 spiro atoms. The van der Waals surface area contributed by atoms with Crippen molar-refractivity contribution in [1.29, 1.82) is 0 Å². The molecule has 1 heterocycles. The van der Waals surface area contributed by atoms with E-state index in [0.717, 1.165) is 6.33 Å². The zero-order valence-electron chi connectivity index (χ0n) is 8.03. The molecule has 1 amide bonds. The minimum Gasteiger partial charge on any atom is -0.395 e. The maximum Gasteiger partial charge on any atom is 0.406 e. The third-order valence-electron chi connectivity index (χ3n) is 1.64. The second-order valence-electron chi connectivity index (χ2n) is 2.90. The molecular weight excluding hydrogens is 229 g/mol. The summed E-state index contributed by atoms with van der Waals surface area (Å²) in [6.45, 7) is -2.41. The fraction of sp³-hybridized carbons (Fsp3) is 0.571. The highest BCUT2D eigenvalue weighted by Gasteiger charge is 2.33. The number of nitrogens with zero attached hydrogens (tertiary/aromatic N) is 3. The van der Waals surface area contributed by atoms with Crippen molar-refractivity contribution < 1.29 is 23.1 Å². The lowest BCUT2D eigenvalue weighted by Gasteiger charge is -2.21. The number of amides is 1. The highest BCUT2D eigenvalue weighted by Crippen LogP contribution is 2.17. The van der Waals surface area contributed by atoms with E-state index < -0.39 is 31.8 Å². The molecular formula is C7H9F3N4O2. The van der Waals surface area contributed by atoms with Crippen LogP contribution in [0, 0.1) is 0 Å². The van der Waals surface area contributed by atoms with Gasteiger partial charge in [-0.3, -0.25) is 9.89 Å². The molecule has 0 bridgehead atoms. The first-order valence-corrected chi connectivity index (χ1v) is 4.26. The Morgan fingerprint density at radius 3 is 2.69 bits per heavy atom. The number of aromatic nitrogens is 3. The van der Waals surface area contributed by atoms with Gasteiger partial charge in [0.05, 0.1) is 6.61 Å². The number of aromatic amines is 1. The predicted octanol–water partition coefficient (Wildman–Crippen LogP) is -0.199. The van der Waals surface area contributed by atoms with Gasteiger partial charge < -0.3 is 10.0 Å². The van der Waals surface area contributed by atoms with Crippen LogP contribution in [0.3, 0.4) is 0 Å². The van der Waals surface area contributed by atoms with E-state index in [1.54, 1.807) is 0 Å². The molecule has 9 heteroatoms. The Kier molecular flexibility index (Phi) is 3.82. The first-order valence-electron chi connectivity index (χ1n) is 4.26. The number of aliphatic hydroxyl groups excluding tert-OH is 1. The number of nitrogens with one attached hydrogen (secondary N) is 1. The van der Waals surface area contributed by atoms with Crippen molar-refractivity contribution in [2.75, 3.05) is 19.7 Å². The lowest BCUT2D eigenvalue weighted by atomic mass is 10.4. The lowest BCUT2D eigenvalue weighted by molar-refractivity contribution is -0.141. The summed E-state index contributed by atoms with van der Waals surface area (Å²) in [5.74, 6) is -1.25. The van der Waals surface area contributed by atoms with Crippen molar-refractivity contribution in [2.45, 2.75) is 6.18 Å². The Bertz CT molecular complexity index is 338. The summed E-state index contributed by atoms with van der Waals surface area (Å²) in [7, 11) is 0. The Morgan fingerprint density at radius 1 is 1.56 bits per heavy atom. The third kappa shape index (κ3) is 3.50. The van der Waals surface area contributed by atoms with Gasteiger partial charge in [-0.05, 0) is 0 Å². The fourth-order valence-electron chi connectivity index (χ4n) is 1.05. The summed E-state index contributed by atoms with van der Waals surface area (Å²) in [5, 5.41) is 14.1. The van der Waals surface area contributed by atoms with Gasteiger partial charge in [0.15, 0.2) is 0 Å². The van der Waals surface area contributed by atoms with Gasteiger partial charge in [-0.25, -0.2) is 4.98 Å². The maximum atomic E-state index is 12.1. The predicted molar refractivity (Wildman–Crippen MR) is 45.4 cm³/mol. The van der Waals surface area contributed by atoms with Gasteiger partial charge in [0.2, 0.25) is 5.82 Å². The summed E-state index contributed by atoms with van der Waals surface area (Å²) in [6, 6.07) is 0. The number of hydrogen-bond acceptors (Lipinski definition) is 4. The largest absolute Gasteiger partial charge is 0.406 e. The molecule has 90 valence electrons. The number of hydrogen-bond donors (Lipinski definition) is 2. The van der Waals surface area contributed by atoms with Gasteiger partial charge in [0.25, 0.3) is 5.91 Å². The topological polar surface area (TPSA) is 82.1 Å². The molecule has 0 aliphatic carbocycles. The Morgan fingerprint density at radius 2 is 2.25 bits per heavy atom. The van der Waals surface area contributed by atoms with Crippen LogP contribution < -0.4 is 0 Å². The van der Waals surface area contributed by atoms with Crippen LogP contribution in [0.2, 0.25) is 0 Å². The number of rotatable bonds is 4. The number of carbonyl (C=O) groups excluding carboxylic acids is 1. The van der Waals surface area contributed by atoms with Crippen molar-refractivity contribution in [3.63, 3.8) is 0 Å². The minimum atomic E-state index is -4.52. The van der Waals surface area contributed by atoms with Crippen LogP contribution in [0.25, 0.3) is 0 Å². The molecule has 0 saturated carbocycles. The molecule has 0 unspecified atom stereocenters. The van der Waals surface area contributed by atoms with E-state index in [9.17, 15) is 18.0 Å². The van der Waals surface area contributed by atoms with E-state index in [0.29, 0.717) is 4.90 Å². The summed E-state index contributed by atoms with van der Waals surface area (Å²) in [5.41, 5.74) is 0. The third-order valence-corrected chi connectivity index (χ3v) is 1.64. The van der Waals surface area contributed by atoms with Gasteiger partial charge in [0, 0.05) is 6.54 Å². The number of alkyl halides is 3. The first-order chi connectivity index (χ1) is 7.44. The monoisotopic (exact) mass is 238 g/mol. The van der Waals surface area contributed by atoms with Gasteiger partial charge in [-0.2, -0.15) is 18.3 Å². The van der Waals surface area contributed by atoms with Crippen LogP contribution >= 0.6 is 0 Å². The Hall–Kier alpha value is -1.64. The Balaban J connectivity index is 2.74. The van der Waals surface area contributed by atoms with Crippen molar-refractivity contribution in [1.82, 2.24) is 20.1 Å². The number of aliphatic hydroxyl groups is 1. The van der Waals surface area contributed by atoms with E-state index in [1.807, 2.05) is 0 Å². The molecule has 0 aliphatic heterocycles. The average Bonchev–Trinajstić information content (AvgIpc) is 2.66. The highest BCUT2D eigenvalue weighted by molar-refractivity contribution is 5.90. The molecule has 0 aromatic carbocycles. The van der Waals surface area contributed by atoms with E-state index in [2.05, 4.69) is 15.2 Å². The second kappa shape index (κ2) is 4.92. The molecule has 0 aliphatic rings. The first kappa shape index (κ1) is 12.4. The van der Waals surface area contributed by atoms with Crippen LogP contribution in [-0.2, 0) is 0 Å². The summed E-state index contributed by atoms with van der Waals surface area (Å²) < 4.78 is 36.3. The van der Waals surface area contributed by atoms with Crippen molar-refractivity contribution in [2.24, 2.45) is 0 Å². The van der Waals surface area contributed by atoms with Crippen molar-refractivity contribution in [3.8, 4) is 0 Å². The van der Waals surface area contributed by atoms with Gasteiger partial charge in [-0.1, -0.05) is 0 Å². The van der Waals surface area contributed by atoms with Crippen LogP contribution in [-0.4, -0.2) is 57.0 Å². The number of H-pyrrole nitrogens is 1. The van der Waals surface area contributed by atoms with Gasteiger partial charge in [-0.15, -0.1) is 0 Å². The SMILES string of the molecule is O=C(c1ncn[nH]1)N(CCO)CC(F)(F)F. The minimum absolute atomic E-state index is 0.294. The second-order valence-corrected chi connectivity index (χ2v) is 2.90. The Labute approximate surface area is 88.1 Å². The van der Waals surface area contributed by atoms with Crippen LogP contribution in [0.15, 0.2) is 6.33 Å². The molecule has 0 fully saturated rings. The molecule has 2 N–H and O–H groups in total. The van der Waals surface area contributed by atoms with Crippen LogP contribution in [0.1, 0.15) is 10.6 Å². The summed E-state index contributed by atoms with van der Waals surface area (Å²) in [6.07, 6.45) is -3.51. The van der Waals surface area contributed by atoms with E-state index in [1.165, 1.54) is 0 Å². The standard InChI is InChI=1S/C7H9F3N4O2/c8-7(9,10)3-14(1-2-15)6(16)5-11-4-12-13-5/h4,15H,1-3H2,(H,11,12,13). The van der Waals surface area contributed by atoms with E-state index in [-0.39, 0.29) is 5.82 Å². The summed E-state index contributed by atoms with van der Waals surface area (Å²) >= 11 is 0. The summed E-state index contributed by atoms with van der Waals surface area (Å²) in [4.78, 5) is 15.3. The van der Waals surface area contributed by atoms with Crippen LogP contribution in [0.4, 0.5) is 13.2 Å². The van der Waals surface area contributed by atoms with Crippen LogP contribution in [0.5, 0.6) is 0 Å². The molecule has 1 aromatic rings.